The maximum Gasteiger partial charge on any atom is 0.291 e. The molecular formula is C25H23FN4O3. The zero-order chi connectivity index (χ0) is 22.8. The molecule has 1 N–H and O–H groups in total. The lowest BCUT2D eigenvalue weighted by atomic mass is 10.1. The molecule has 1 fully saturated rings. The smallest absolute Gasteiger partial charge is 0.291 e. The normalized spacial score (nSPS) is 13.9. The van der Waals surface area contributed by atoms with Crippen LogP contribution in [0.25, 0.3) is 22.7 Å². The molecule has 168 valence electrons. The van der Waals surface area contributed by atoms with Crippen LogP contribution in [0.5, 0.6) is 5.75 Å². The third kappa shape index (κ3) is 4.11. The van der Waals surface area contributed by atoms with Gasteiger partial charge in [0.05, 0.1) is 31.0 Å². The molecule has 1 saturated carbocycles. The number of ether oxygens (including phenoxy) is 1. The van der Waals surface area contributed by atoms with Gasteiger partial charge >= 0.3 is 0 Å². The second-order valence-corrected chi connectivity index (χ2v) is 7.99. The summed E-state index contributed by atoms with van der Waals surface area (Å²) < 4.78 is 26.9. The Morgan fingerprint density at radius 3 is 2.70 bits per heavy atom. The predicted molar refractivity (Wildman–Crippen MR) is 122 cm³/mol. The number of anilines is 1. The first-order chi connectivity index (χ1) is 16.1. The number of imidazole rings is 1. The summed E-state index contributed by atoms with van der Waals surface area (Å²) in [6, 6.07) is 11.6. The summed E-state index contributed by atoms with van der Waals surface area (Å²) in [4.78, 5) is 21.5. The highest BCUT2D eigenvalue weighted by atomic mass is 19.1. The molecule has 1 amide bonds. The summed E-state index contributed by atoms with van der Waals surface area (Å²) in [5, 5.41) is 2.80. The Morgan fingerprint density at radius 2 is 1.94 bits per heavy atom. The van der Waals surface area contributed by atoms with Gasteiger partial charge in [-0.3, -0.25) is 9.78 Å². The summed E-state index contributed by atoms with van der Waals surface area (Å²) in [5.74, 6) is 0.439. The SMILES string of the molecule is COc1cnccc1NC(=O)c1ccc(-c2c(-c3ccc(F)cc3)ncn2C2CCCC2)o1. The minimum absolute atomic E-state index is 0.160. The monoisotopic (exact) mass is 446 g/mol. The summed E-state index contributed by atoms with van der Waals surface area (Å²) in [6.07, 6.45) is 9.35. The number of pyridine rings is 1. The number of furan rings is 1. The first-order valence-electron chi connectivity index (χ1n) is 10.9. The van der Waals surface area contributed by atoms with Crippen molar-refractivity contribution in [2.75, 3.05) is 12.4 Å². The second kappa shape index (κ2) is 8.90. The van der Waals surface area contributed by atoms with Gasteiger partial charge < -0.3 is 19.0 Å². The van der Waals surface area contributed by atoms with E-state index in [0.29, 0.717) is 28.9 Å². The number of amides is 1. The van der Waals surface area contributed by atoms with Crippen molar-refractivity contribution in [3.8, 4) is 28.5 Å². The number of carbonyl (C=O) groups is 1. The number of rotatable bonds is 6. The molecule has 33 heavy (non-hydrogen) atoms. The van der Waals surface area contributed by atoms with Gasteiger partial charge in [0.1, 0.15) is 11.5 Å². The van der Waals surface area contributed by atoms with Gasteiger partial charge in [-0.15, -0.1) is 0 Å². The number of benzene rings is 1. The number of aromatic nitrogens is 3. The molecule has 0 saturated heterocycles. The van der Waals surface area contributed by atoms with Crippen LogP contribution < -0.4 is 10.1 Å². The Morgan fingerprint density at radius 1 is 1.15 bits per heavy atom. The van der Waals surface area contributed by atoms with E-state index in [1.165, 1.54) is 25.4 Å². The van der Waals surface area contributed by atoms with Crippen molar-refractivity contribution in [3.05, 3.63) is 72.8 Å². The highest BCUT2D eigenvalue weighted by Gasteiger charge is 2.26. The van der Waals surface area contributed by atoms with Gasteiger partial charge in [0, 0.05) is 17.8 Å². The predicted octanol–water partition coefficient (Wildman–Crippen LogP) is 5.72. The molecule has 0 aliphatic heterocycles. The van der Waals surface area contributed by atoms with E-state index in [1.807, 2.05) is 6.33 Å². The summed E-state index contributed by atoms with van der Waals surface area (Å²) in [5.41, 5.74) is 2.76. The molecule has 0 radical (unpaired) electrons. The van der Waals surface area contributed by atoms with E-state index in [9.17, 15) is 9.18 Å². The van der Waals surface area contributed by atoms with Crippen LogP contribution in [0.4, 0.5) is 10.1 Å². The van der Waals surface area contributed by atoms with Gasteiger partial charge in [-0.25, -0.2) is 9.37 Å². The van der Waals surface area contributed by atoms with Crippen LogP contribution in [0.3, 0.4) is 0 Å². The quantitative estimate of drug-likeness (QED) is 0.410. The number of halogens is 1. The zero-order valence-corrected chi connectivity index (χ0v) is 18.1. The van der Waals surface area contributed by atoms with Crippen molar-refractivity contribution in [1.82, 2.24) is 14.5 Å². The van der Waals surface area contributed by atoms with Crippen molar-refractivity contribution in [2.45, 2.75) is 31.7 Å². The molecule has 5 rings (SSSR count). The molecule has 3 aromatic heterocycles. The number of hydrogen-bond acceptors (Lipinski definition) is 5. The average molecular weight is 446 g/mol. The van der Waals surface area contributed by atoms with Gasteiger partial charge in [0.15, 0.2) is 17.3 Å². The topological polar surface area (TPSA) is 82.2 Å². The van der Waals surface area contributed by atoms with Gasteiger partial charge in [0.2, 0.25) is 0 Å². The molecule has 3 heterocycles. The minimum Gasteiger partial charge on any atom is -0.493 e. The Bertz CT molecular complexity index is 1270. The maximum absolute atomic E-state index is 13.5. The molecular weight excluding hydrogens is 423 g/mol. The van der Waals surface area contributed by atoms with E-state index in [1.54, 1.807) is 36.5 Å². The van der Waals surface area contributed by atoms with Crippen LogP contribution in [0.1, 0.15) is 42.3 Å². The molecule has 1 aromatic carbocycles. The fourth-order valence-corrected chi connectivity index (χ4v) is 4.30. The molecule has 7 nitrogen and oxygen atoms in total. The van der Waals surface area contributed by atoms with Crippen molar-refractivity contribution in [3.63, 3.8) is 0 Å². The molecule has 4 aromatic rings. The molecule has 1 aliphatic rings. The van der Waals surface area contributed by atoms with E-state index in [2.05, 4.69) is 19.9 Å². The number of nitrogens with zero attached hydrogens (tertiary/aromatic N) is 3. The van der Waals surface area contributed by atoms with Crippen LogP contribution in [0, 0.1) is 5.82 Å². The number of methoxy groups -OCH3 is 1. The van der Waals surface area contributed by atoms with E-state index >= 15 is 0 Å². The third-order valence-electron chi connectivity index (χ3n) is 5.95. The molecule has 0 bridgehead atoms. The molecule has 0 spiro atoms. The van der Waals surface area contributed by atoms with Crippen molar-refractivity contribution >= 4 is 11.6 Å². The third-order valence-corrected chi connectivity index (χ3v) is 5.95. The van der Waals surface area contributed by atoms with Crippen molar-refractivity contribution in [1.29, 1.82) is 0 Å². The molecule has 8 heteroatoms. The van der Waals surface area contributed by atoms with E-state index in [0.717, 1.165) is 36.9 Å². The van der Waals surface area contributed by atoms with Crippen LogP contribution in [0.15, 0.2) is 65.6 Å². The summed E-state index contributed by atoms with van der Waals surface area (Å²) in [6.45, 7) is 0. The number of hydrogen-bond donors (Lipinski definition) is 1. The van der Waals surface area contributed by atoms with E-state index in [4.69, 9.17) is 9.15 Å². The van der Waals surface area contributed by atoms with Gasteiger partial charge in [0.25, 0.3) is 5.91 Å². The number of carbonyl (C=O) groups excluding carboxylic acids is 1. The fourth-order valence-electron chi connectivity index (χ4n) is 4.30. The Labute approximate surface area is 190 Å². The first kappa shape index (κ1) is 20.9. The Hall–Kier alpha value is -3.94. The van der Waals surface area contributed by atoms with Crippen LogP contribution in [-0.2, 0) is 0 Å². The average Bonchev–Trinajstić information content (AvgIpc) is 3.59. The van der Waals surface area contributed by atoms with Crippen molar-refractivity contribution in [2.24, 2.45) is 0 Å². The van der Waals surface area contributed by atoms with Gasteiger partial charge in [-0.05, 0) is 55.3 Å². The molecule has 0 unspecified atom stereocenters. The number of nitrogens with one attached hydrogen (secondary N) is 1. The first-order valence-corrected chi connectivity index (χ1v) is 10.9. The Kier molecular flexibility index (Phi) is 5.64. The van der Waals surface area contributed by atoms with Crippen LogP contribution in [0.2, 0.25) is 0 Å². The fraction of sp³-hybridized carbons (Fsp3) is 0.240. The van der Waals surface area contributed by atoms with Crippen LogP contribution >= 0.6 is 0 Å². The summed E-state index contributed by atoms with van der Waals surface area (Å²) >= 11 is 0. The Balaban J connectivity index is 1.50. The lowest BCUT2D eigenvalue weighted by Crippen LogP contribution is -2.11. The van der Waals surface area contributed by atoms with E-state index in [-0.39, 0.29) is 11.6 Å². The molecule has 0 atom stereocenters. The summed E-state index contributed by atoms with van der Waals surface area (Å²) in [7, 11) is 1.51. The lowest BCUT2D eigenvalue weighted by Gasteiger charge is -2.15. The maximum atomic E-state index is 13.5. The largest absolute Gasteiger partial charge is 0.493 e. The van der Waals surface area contributed by atoms with Gasteiger partial charge in [-0.1, -0.05) is 12.8 Å². The second-order valence-electron chi connectivity index (χ2n) is 7.99. The van der Waals surface area contributed by atoms with Crippen molar-refractivity contribution < 1.29 is 18.3 Å². The van der Waals surface area contributed by atoms with Crippen LogP contribution in [-0.4, -0.2) is 27.6 Å². The van der Waals surface area contributed by atoms with E-state index < -0.39 is 5.91 Å². The highest BCUT2D eigenvalue weighted by molar-refractivity contribution is 6.03. The highest BCUT2D eigenvalue weighted by Crippen LogP contribution is 2.39. The minimum atomic E-state index is -0.402. The van der Waals surface area contributed by atoms with Gasteiger partial charge in [-0.2, -0.15) is 0 Å². The standard InChI is InChI=1S/C25H23FN4O3/c1-32-22-14-27-13-12-19(22)29-25(31)21-11-10-20(33-21)24-23(16-6-8-17(26)9-7-16)28-15-30(24)18-4-2-3-5-18/h6-15,18H,2-5H2,1H3,(H,27,29,31). The lowest BCUT2D eigenvalue weighted by molar-refractivity contribution is 0.0997. The zero-order valence-electron chi connectivity index (χ0n) is 18.1. The molecule has 1 aliphatic carbocycles.